The molecule has 0 aliphatic carbocycles. The number of aldehydes is 1. The predicted molar refractivity (Wildman–Crippen MR) is 71.9 cm³/mol. The van der Waals surface area contributed by atoms with Crippen LogP contribution in [0.15, 0.2) is 42.5 Å². The number of rotatable bonds is 2. The Bertz CT molecular complexity index is 518. The van der Waals surface area contributed by atoms with Gasteiger partial charge in [-0.1, -0.05) is 43.3 Å². The van der Waals surface area contributed by atoms with E-state index in [0.29, 0.717) is 0 Å². The lowest BCUT2D eigenvalue weighted by atomic mass is 10.1. The monoisotopic (exact) mass is 247 g/mol. The third-order valence-electron chi connectivity index (χ3n) is 2.53. The number of hydrogen-bond donors (Lipinski definition) is 3. The summed E-state index contributed by atoms with van der Waals surface area (Å²) in [6, 6.07) is 14.1. The van der Waals surface area contributed by atoms with Crippen LogP contribution < -0.4 is 5.73 Å². The average molecular weight is 247 g/mol. The van der Waals surface area contributed by atoms with E-state index in [2.05, 4.69) is 12.1 Å². The average Bonchev–Trinajstić information content (AvgIpc) is 2.40. The lowest BCUT2D eigenvalue weighted by Gasteiger charge is -2.08. The number of fused-ring (bicyclic) bond motifs is 1. The Kier molecular flexibility index (Phi) is 4.83. The van der Waals surface area contributed by atoms with Crippen molar-refractivity contribution >= 4 is 22.7 Å². The predicted octanol–water partition coefficient (Wildman–Crippen LogP) is 1.70. The van der Waals surface area contributed by atoms with E-state index in [0.717, 1.165) is 11.1 Å². The summed E-state index contributed by atoms with van der Waals surface area (Å²) < 4.78 is 0. The van der Waals surface area contributed by atoms with Gasteiger partial charge in [-0.25, -0.2) is 0 Å². The summed E-state index contributed by atoms with van der Waals surface area (Å²) in [4.78, 5) is 9.56. The Balaban J connectivity index is 0.000000203. The van der Waals surface area contributed by atoms with Crippen molar-refractivity contribution in [1.29, 1.82) is 0 Å². The van der Waals surface area contributed by atoms with Gasteiger partial charge in [0.25, 0.3) is 0 Å². The summed E-state index contributed by atoms with van der Waals surface area (Å²) in [7, 11) is 0. The van der Waals surface area contributed by atoms with Gasteiger partial charge in [0.15, 0.2) is 6.29 Å². The zero-order chi connectivity index (χ0) is 13.6. The summed E-state index contributed by atoms with van der Waals surface area (Å²) >= 11 is 0. The number of aliphatic hydroxyl groups is 2. The van der Waals surface area contributed by atoms with Crippen LogP contribution in [-0.4, -0.2) is 22.3 Å². The molecule has 0 spiro atoms. The minimum Gasteiger partial charge on any atom is -0.398 e. The van der Waals surface area contributed by atoms with Crippen molar-refractivity contribution in [2.24, 2.45) is 0 Å². The topological polar surface area (TPSA) is 83.5 Å². The van der Waals surface area contributed by atoms with Gasteiger partial charge in [0.05, 0.1) is 0 Å². The van der Waals surface area contributed by atoms with Gasteiger partial charge in [-0.2, -0.15) is 0 Å². The quantitative estimate of drug-likeness (QED) is 0.428. The number of carbonyl (C=O) groups is 1. The van der Waals surface area contributed by atoms with Crippen LogP contribution in [0.5, 0.6) is 0 Å². The Hall–Kier alpha value is -1.91. The smallest absolute Gasteiger partial charge is 0.220 e. The highest BCUT2D eigenvalue weighted by molar-refractivity contribution is 5.92. The van der Waals surface area contributed by atoms with E-state index in [1.54, 1.807) is 0 Å². The molecule has 0 radical (unpaired) electrons. The molecule has 4 nitrogen and oxygen atoms in total. The summed E-state index contributed by atoms with van der Waals surface area (Å²) in [5.41, 5.74) is 6.61. The third kappa shape index (κ3) is 3.84. The Morgan fingerprint density at radius 3 is 2.28 bits per heavy atom. The van der Waals surface area contributed by atoms with Crippen molar-refractivity contribution in [1.82, 2.24) is 0 Å². The number of hydrogen-bond acceptors (Lipinski definition) is 4. The minimum absolute atomic E-state index is 0.0382. The first-order chi connectivity index (χ1) is 8.50. The van der Waals surface area contributed by atoms with Gasteiger partial charge in [0.1, 0.15) is 0 Å². The first kappa shape index (κ1) is 14.2. The lowest BCUT2D eigenvalue weighted by Crippen LogP contribution is -2.28. The van der Waals surface area contributed by atoms with Gasteiger partial charge >= 0.3 is 0 Å². The van der Waals surface area contributed by atoms with Crippen molar-refractivity contribution in [3.63, 3.8) is 0 Å². The number of benzene rings is 2. The van der Waals surface area contributed by atoms with E-state index in [9.17, 15) is 4.79 Å². The van der Waals surface area contributed by atoms with Gasteiger partial charge in [-0.3, -0.25) is 4.79 Å². The molecule has 0 aliphatic rings. The number of anilines is 1. The van der Waals surface area contributed by atoms with E-state index in [1.807, 2.05) is 30.3 Å². The molecule has 0 saturated carbocycles. The molecular weight excluding hydrogens is 230 g/mol. The van der Waals surface area contributed by atoms with E-state index in [1.165, 1.54) is 12.3 Å². The first-order valence-corrected chi connectivity index (χ1v) is 5.64. The van der Waals surface area contributed by atoms with E-state index < -0.39 is 5.79 Å². The molecular formula is C14H17NO3. The number of nitrogen functional groups attached to an aromatic ring is 1. The maximum Gasteiger partial charge on any atom is 0.220 e. The summed E-state index contributed by atoms with van der Waals surface area (Å²) in [5.74, 6) is -2.10. The fourth-order valence-corrected chi connectivity index (χ4v) is 1.33. The SMILES string of the molecule is CCC(O)(O)C=O.Nc1cccc2ccccc12. The molecule has 0 heterocycles. The van der Waals surface area contributed by atoms with Crippen LogP contribution in [0.3, 0.4) is 0 Å². The third-order valence-corrected chi connectivity index (χ3v) is 2.53. The van der Waals surface area contributed by atoms with Gasteiger partial charge < -0.3 is 15.9 Å². The Morgan fingerprint density at radius 2 is 1.78 bits per heavy atom. The van der Waals surface area contributed by atoms with Crippen molar-refractivity contribution < 1.29 is 15.0 Å². The zero-order valence-electron chi connectivity index (χ0n) is 10.2. The molecule has 0 unspecified atom stereocenters. The highest BCUT2D eigenvalue weighted by atomic mass is 16.5. The molecule has 0 amide bonds. The van der Waals surface area contributed by atoms with Gasteiger partial charge in [0.2, 0.25) is 5.79 Å². The fraction of sp³-hybridized carbons (Fsp3) is 0.214. The maximum absolute atomic E-state index is 9.56. The summed E-state index contributed by atoms with van der Waals surface area (Å²) in [5, 5.41) is 19.0. The molecule has 2 aromatic carbocycles. The second-order valence-corrected chi connectivity index (χ2v) is 3.92. The molecule has 0 aliphatic heterocycles. The maximum atomic E-state index is 9.56. The van der Waals surface area contributed by atoms with E-state index in [-0.39, 0.29) is 12.7 Å². The zero-order valence-corrected chi connectivity index (χ0v) is 10.2. The van der Waals surface area contributed by atoms with Gasteiger partial charge in [0, 0.05) is 17.5 Å². The highest BCUT2D eigenvalue weighted by Gasteiger charge is 2.16. The van der Waals surface area contributed by atoms with Crippen LogP contribution >= 0.6 is 0 Å². The Labute approximate surface area is 106 Å². The number of carbonyl (C=O) groups excluding carboxylic acids is 1. The van der Waals surface area contributed by atoms with Gasteiger partial charge in [-0.15, -0.1) is 0 Å². The highest BCUT2D eigenvalue weighted by Crippen LogP contribution is 2.19. The first-order valence-electron chi connectivity index (χ1n) is 5.64. The van der Waals surface area contributed by atoms with Crippen molar-refractivity contribution in [3.8, 4) is 0 Å². The van der Waals surface area contributed by atoms with Gasteiger partial charge in [-0.05, 0) is 11.5 Å². The molecule has 2 rings (SSSR count). The van der Waals surface area contributed by atoms with Crippen LogP contribution in [0, 0.1) is 0 Å². The normalized spacial score (nSPS) is 10.6. The minimum atomic E-state index is -2.10. The van der Waals surface area contributed by atoms with Crippen LogP contribution in [0.2, 0.25) is 0 Å². The molecule has 0 atom stereocenters. The molecule has 0 fully saturated rings. The summed E-state index contributed by atoms with van der Waals surface area (Å²) in [6.45, 7) is 1.51. The van der Waals surface area contributed by atoms with Crippen molar-refractivity contribution in [2.45, 2.75) is 19.1 Å². The number of nitrogens with two attached hydrogens (primary N) is 1. The van der Waals surface area contributed by atoms with Crippen molar-refractivity contribution in [3.05, 3.63) is 42.5 Å². The molecule has 96 valence electrons. The molecule has 4 heteroatoms. The van der Waals surface area contributed by atoms with E-state index >= 15 is 0 Å². The molecule has 2 aromatic rings. The van der Waals surface area contributed by atoms with Crippen molar-refractivity contribution in [2.75, 3.05) is 5.73 Å². The van der Waals surface area contributed by atoms with E-state index in [4.69, 9.17) is 15.9 Å². The molecule has 0 bridgehead atoms. The molecule has 18 heavy (non-hydrogen) atoms. The standard InChI is InChI=1S/C10H9N.C4H8O3/c11-10-7-3-5-8-4-1-2-6-9(8)10;1-2-4(6,7)3-5/h1-7H,11H2;3,6-7H,2H2,1H3. The molecule has 0 saturated heterocycles. The molecule has 0 aromatic heterocycles. The second-order valence-electron chi connectivity index (χ2n) is 3.92. The van der Waals surface area contributed by atoms with Crippen LogP contribution in [0.1, 0.15) is 13.3 Å². The fourth-order valence-electron chi connectivity index (χ4n) is 1.33. The molecule has 4 N–H and O–H groups in total. The van der Waals surface area contributed by atoms with Crippen LogP contribution in [0.4, 0.5) is 5.69 Å². The van der Waals surface area contributed by atoms with Crippen LogP contribution in [-0.2, 0) is 4.79 Å². The lowest BCUT2D eigenvalue weighted by molar-refractivity contribution is -0.169. The largest absolute Gasteiger partial charge is 0.398 e. The second kappa shape index (κ2) is 6.14. The summed E-state index contributed by atoms with van der Waals surface area (Å²) in [6.07, 6.45) is 0.142. The Morgan fingerprint density at radius 1 is 1.17 bits per heavy atom. The van der Waals surface area contributed by atoms with Crippen LogP contribution in [0.25, 0.3) is 10.8 Å².